The van der Waals surface area contributed by atoms with Crippen molar-refractivity contribution >= 4 is 17.5 Å². The van der Waals surface area contributed by atoms with Crippen LogP contribution in [-0.2, 0) is 4.79 Å². The van der Waals surface area contributed by atoms with Gasteiger partial charge in [0, 0.05) is 6.42 Å². The molecule has 8 atom stereocenters. The Hall–Kier alpha value is -1.10. The molecule has 5 rings (SSSR count). The van der Waals surface area contributed by atoms with Gasteiger partial charge in [-0.1, -0.05) is 50.1 Å². The quantitative estimate of drug-likeness (QED) is 0.477. The van der Waals surface area contributed by atoms with Crippen LogP contribution >= 0.6 is 11.6 Å². The van der Waals surface area contributed by atoms with E-state index in [2.05, 4.69) is 24.4 Å². The van der Waals surface area contributed by atoms with Gasteiger partial charge in [0.05, 0.1) is 23.1 Å². The number of aliphatic hydroxyl groups excluding tert-OH is 2. The SMILES string of the molecule is CCCCCC(=O)N[C@@H](c1ccccc1)[C@@H]1[C@H]2C[C@H]3C[C@@H]1C(O)[C@](Cl)(C2)C3O. The predicted molar refractivity (Wildman–Crippen MR) is 110 cm³/mol. The Bertz CT molecular complexity index is 698. The van der Waals surface area contributed by atoms with E-state index in [9.17, 15) is 15.0 Å². The predicted octanol–water partition coefficient (Wildman–Crippen LogP) is 3.80. The summed E-state index contributed by atoms with van der Waals surface area (Å²) in [6.45, 7) is 2.14. The van der Waals surface area contributed by atoms with Crippen LogP contribution in [0.5, 0.6) is 0 Å². The zero-order chi connectivity index (χ0) is 19.9. The molecule has 28 heavy (non-hydrogen) atoms. The second-order valence-electron chi connectivity index (χ2n) is 9.17. The molecule has 4 aliphatic carbocycles. The van der Waals surface area contributed by atoms with E-state index in [4.69, 9.17) is 11.6 Å². The van der Waals surface area contributed by atoms with Crippen LogP contribution in [0.2, 0.25) is 0 Å². The minimum atomic E-state index is -0.917. The van der Waals surface area contributed by atoms with E-state index in [1.807, 2.05) is 18.2 Å². The standard InChI is InChI=1S/C23H32ClNO3/c1-2-3-5-10-18(26)25-20(14-8-6-4-7-9-14)19-16-11-15-12-17(19)22(28)23(24,13-16)21(15)27/h4,6-9,15-17,19-22,27-28H,2-3,5,10-13H2,1H3,(H,25,26)/t15-,16-,17-,19+,20-,21?,22?,23-/m0/s1. The lowest BCUT2D eigenvalue weighted by Crippen LogP contribution is -2.69. The average molecular weight is 406 g/mol. The average Bonchev–Trinajstić information content (AvgIpc) is 2.69. The summed E-state index contributed by atoms with van der Waals surface area (Å²) >= 11 is 6.75. The van der Waals surface area contributed by atoms with Gasteiger partial charge in [-0.25, -0.2) is 0 Å². The minimum Gasteiger partial charge on any atom is -0.391 e. The van der Waals surface area contributed by atoms with Crippen LogP contribution in [0.4, 0.5) is 0 Å². The first-order chi connectivity index (χ1) is 13.5. The Labute approximate surface area is 172 Å². The molecule has 4 nitrogen and oxygen atoms in total. The molecule has 0 spiro atoms. The molecule has 1 aromatic carbocycles. The van der Waals surface area contributed by atoms with Crippen molar-refractivity contribution in [1.29, 1.82) is 0 Å². The number of benzene rings is 1. The van der Waals surface area contributed by atoms with Gasteiger partial charge in [0.15, 0.2) is 0 Å². The Morgan fingerprint density at radius 2 is 1.93 bits per heavy atom. The number of hydrogen-bond donors (Lipinski definition) is 3. The van der Waals surface area contributed by atoms with Crippen molar-refractivity contribution < 1.29 is 15.0 Å². The second-order valence-corrected chi connectivity index (χ2v) is 9.87. The number of alkyl halides is 1. The molecular formula is C23H32ClNO3. The monoisotopic (exact) mass is 405 g/mol. The molecule has 5 heteroatoms. The van der Waals surface area contributed by atoms with E-state index in [1.54, 1.807) is 0 Å². The summed E-state index contributed by atoms with van der Waals surface area (Å²) in [4.78, 5) is 11.8. The fourth-order valence-corrected chi connectivity index (χ4v) is 6.78. The van der Waals surface area contributed by atoms with Crippen molar-refractivity contribution in [3.8, 4) is 0 Å². The van der Waals surface area contributed by atoms with Gasteiger partial charge in [-0.3, -0.25) is 4.79 Å². The van der Waals surface area contributed by atoms with Crippen LogP contribution in [-0.4, -0.2) is 33.2 Å². The van der Waals surface area contributed by atoms with Crippen LogP contribution in [0.25, 0.3) is 0 Å². The van der Waals surface area contributed by atoms with Gasteiger partial charge >= 0.3 is 0 Å². The number of aliphatic hydroxyl groups is 2. The summed E-state index contributed by atoms with van der Waals surface area (Å²) in [6, 6.07) is 10.0. The number of carbonyl (C=O) groups excluding carboxylic acids is 1. The molecule has 2 unspecified atom stereocenters. The second kappa shape index (κ2) is 7.97. The van der Waals surface area contributed by atoms with E-state index in [1.165, 1.54) is 0 Å². The van der Waals surface area contributed by atoms with Crippen molar-refractivity contribution in [1.82, 2.24) is 5.32 Å². The maximum atomic E-state index is 12.7. The highest BCUT2D eigenvalue weighted by Crippen LogP contribution is 2.62. The number of halogens is 1. The molecule has 154 valence electrons. The van der Waals surface area contributed by atoms with E-state index in [0.717, 1.165) is 37.7 Å². The molecule has 4 saturated carbocycles. The summed E-state index contributed by atoms with van der Waals surface area (Å²) in [5.41, 5.74) is 1.10. The van der Waals surface area contributed by atoms with Gasteiger partial charge in [-0.05, 0) is 54.9 Å². The highest BCUT2D eigenvalue weighted by Gasteiger charge is 2.65. The lowest BCUT2D eigenvalue weighted by Gasteiger charge is -2.63. The number of amides is 1. The first-order valence-corrected chi connectivity index (χ1v) is 11.2. The van der Waals surface area contributed by atoms with Crippen molar-refractivity contribution in [2.24, 2.45) is 23.7 Å². The van der Waals surface area contributed by atoms with E-state index < -0.39 is 17.1 Å². The molecular weight excluding hydrogens is 374 g/mol. The van der Waals surface area contributed by atoms with Crippen molar-refractivity contribution in [2.45, 2.75) is 75.0 Å². The number of unbranched alkanes of at least 4 members (excludes halogenated alkanes) is 2. The van der Waals surface area contributed by atoms with Gasteiger partial charge in [0.2, 0.25) is 5.91 Å². The van der Waals surface area contributed by atoms with Crippen LogP contribution in [0.3, 0.4) is 0 Å². The smallest absolute Gasteiger partial charge is 0.220 e. The number of rotatable bonds is 7. The first-order valence-electron chi connectivity index (χ1n) is 10.8. The zero-order valence-electron chi connectivity index (χ0n) is 16.6. The molecule has 1 amide bonds. The summed E-state index contributed by atoms with van der Waals surface area (Å²) in [7, 11) is 0. The van der Waals surface area contributed by atoms with Crippen LogP contribution in [0, 0.1) is 23.7 Å². The molecule has 0 saturated heterocycles. The van der Waals surface area contributed by atoms with Crippen molar-refractivity contribution in [2.75, 3.05) is 0 Å². The third kappa shape index (κ3) is 3.38. The van der Waals surface area contributed by atoms with Gasteiger partial charge in [0.25, 0.3) is 0 Å². The molecule has 4 bridgehead atoms. The van der Waals surface area contributed by atoms with Crippen LogP contribution < -0.4 is 5.32 Å². The van der Waals surface area contributed by atoms with Gasteiger partial charge < -0.3 is 15.5 Å². The lowest BCUT2D eigenvalue weighted by atomic mass is 9.47. The Morgan fingerprint density at radius 1 is 1.18 bits per heavy atom. The molecule has 0 heterocycles. The molecule has 3 N–H and O–H groups in total. The summed E-state index contributed by atoms with van der Waals surface area (Å²) in [6.07, 6.45) is 4.57. The van der Waals surface area contributed by atoms with Gasteiger partial charge in [-0.15, -0.1) is 11.6 Å². The maximum absolute atomic E-state index is 12.7. The Morgan fingerprint density at radius 3 is 2.64 bits per heavy atom. The fraction of sp³-hybridized carbons (Fsp3) is 0.696. The van der Waals surface area contributed by atoms with E-state index >= 15 is 0 Å². The van der Waals surface area contributed by atoms with Crippen LogP contribution in [0.1, 0.15) is 63.5 Å². The third-order valence-electron chi connectivity index (χ3n) is 7.50. The highest BCUT2D eigenvalue weighted by molar-refractivity contribution is 6.25. The molecule has 0 aromatic heterocycles. The molecule has 1 aromatic rings. The third-order valence-corrected chi connectivity index (χ3v) is 8.10. The van der Waals surface area contributed by atoms with E-state index in [-0.39, 0.29) is 29.7 Å². The normalized spacial score (nSPS) is 39.7. The molecule has 0 aliphatic heterocycles. The van der Waals surface area contributed by atoms with E-state index in [0.29, 0.717) is 18.8 Å². The zero-order valence-corrected chi connectivity index (χ0v) is 17.3. The minimum absolute atomic E-state index is 0.0135. The largest absolute Gasteiger partial charge is 0.391 e. The number of hydrogen-bond acceptors (Lipinski definition) is 3. The summed E-state index contributed by atoms with van der Waals surface area (Å²) in [5, 5.41) is 24.9. The van der Waals surface area contributed by atoms with Gasteiger partial charge in [0.1, 0.15) is 0 Å². The summed E-state index contributed by atoms with van der Waals surface area (Å²) in [5.74, 6) is 0.737. The maximum Gasteiger partial charge on any atom is 0.220 e. The fourth-order valence-electron chi connectivity index (χ4n) is 6.24. The van der Waals surface area contributed by atoms with Crippen LogP contribution in [0.15, 0.2) is 30.3 Å². The lowest BCUT2D eigenvalue weighted by molar-refractivity contribution is -0.180. The Kier molecular flexibility index (Phi) is 5.74. The highest BCUT2D eigenvalue weighted by atomic mass is 35.5. The molecule has 4 fully saturated rings. The van der Waals surface area contributed by atoms with Gasteiger partial charge in [-0.2, -0.15) is 0 Å². The molecule has 4 aliphatic rings. The van der Waals surface area contributed by atoms with Crippen molar-refractivity contribution in [3.63, 3.8) is 0 Å². The summed E-state index contributed by atoms with van der Waals surface area (Å²) < 4.78 is 0. The first kappa shape index (κ1) is 20.2. The number of nitrogens with one attached hydrogen (secondary N) is 1. The van der Waals surface area contributed by atoms with Crippen molar-refractivity contribution in [3.05, 3.63) is 35.9 Å². The Balaban J connectivity index is 1.60. The molecule has 0 radical (unpaired) electrons. The topological polar surface area (TPSA) is 69.6 Å². The number of carbonyl (C=O) groups is 1.